The van der Waals surface area contributed by atoms with Crippen molar-refractivity contribution >= 4 is 56.4 Å². The predicted octanol–water partition coefficient (Wildman–Crippen LogP) is 9.81. The number of amides is 1. The first-order valence-corrected chi connectivity index (χ1v) is 16.8. The van der Waals surface area contributed by atoms with Crippen LogP contribution in [0.3, 0.4) is 0 Å². The van der Waals surface area contributed by atoms with E-state index in [1.807, 2.05) is 44.2 Å². The van der Waals surface area contributed by atoms with Crippen LogP contribution in [0.1, 0.15) is 36.1 Å². The Morgan fingerprint density at radius 2 is 1.34 bits per heavy atom. The van der Waals surface area contributed by atoms with Gasteiger partial charge in [-0.1, -0.05) is 135 Å². The topological polar surface area (TPSA) is 84.1 Å². The molecule has 0 aliphatic carbocycles. The molecule has 7 rings (SSSR count). The van der Waals surface area contributed by atoms with Crippen molar-refractivity contribution in [1.82, 2.24) is 4.90 Å². The molecule has 8 heteroatoms. The second kappa shape index (κ2) is 15.0. The summed E-state index contributed by atoms with van der Waals surface area (Å²) in [6, 6.07) is 39.0. The van der Waals surface area contributed by atoms with Gasteiger partial charge < -0.3 is 15.2 Å². The summed E-state index contributed by atoms with van der Waals surface area (Å²) < 4.78 is 0. The minimum atomic E-state index is -1.03. The molecule has 6 aromatic rings. The molecular formula is C42H35ClN3NiO3+. The van der Waals surface area contributed by atoms with Gasteiger partial charge in [0.15, 0.2) is 0 Å². The molecule has 1 aliphatic heterocycles. The molecule has 252 valence electrons. The van der Waals surface area contributed by atoms with Crippen molar-refractivity contribution in [3.8, 4) is 11.1 Å². The minimum absolute atomic E-state index is 0. The van der Waals surface area contributed by atoms with Crippen LogP contribution in [0.25, 0.3) is 38.0 Å². The van der Waals surface area contributed by atoms with Crippen molar-refractivity contribution in [3.63, 3.8) is 0 Å². The van der Waals surface area contributed by atoms with Crippen molar-refractivity contribution in [2.24, 2.45) is 10.9 Å². The number of aliphatic carboxylic acids is 1. The van der Waals surface area contributed by atoms with Gasteiger partial charge in [-0.2, -0.15) is 0 Å². The number of hydrogen-bond donors (Lipinski definition) is 1. The summed E-state index contributed by atoms with van der Waals surface area (Å²) in [5.74, 6) is -1.61. The van der Waals surface area contributed by atoms with Crippen LogP contribution >= 0.6 is 11.6 Å². The molecule has 0 aromatic heterocycles. The zero-order valence-electron chi connectivity index (χ0n) is 27.6. The molecule has 1 N–H and O–H groups in total. The maximum absolute atomic E-state index is 13.9. The zero-order valence-corrected chi connectivity index (χ0v) is 29.4. The van der Waals surface area contributed by atoms with Crippen LogP contribution in [0.2, 0.25) is 5.02 Å². The summed E-state index contributed by atoms with van der Waals surface area (Å²) in [4.78, 5) is 33.0. The average Bonchev–Trinajstić information content (AvgIpc) is 3.26. The standard InChI is InChI=1S/C42H36ClN3O3.Ni/c1-26(2)40(42(48)49)45-41(29-12-4-3-5-13-29)35-22-32(43)20-21-36(35)44-37(47)25-46-23-30-18-16-27-10-6-8-14-33(27)38(30)39-31(24-46)19-17-28-11-7-9-15-34(28)39;/h3-22,26,40H,23-25H2,1-2H3,(H2,44,45,47,48,49);/q;+2/p-1/t40-;/m1./s1. The van der Waals surface area contributed by atoms with Crippen molar-refractivity contribution < 1.29 is 31.2 Å². The average molecular weight is 724 g/mol. The number of carboxylic acids is 1. The van der Waals surface area contributed by atoms with Gasteiger partial charge in [0.1, 0.15) is 6.04 Å². The Hall–Kier alpha value is -4.81. The first-order valence-electron chi connectivity index (χ1n) is 16.4. The summed E-state index contributed by atoms with van der Waals surface area (Å²) in [7, 11) is 0. The zero-order chi connectivity index (χ0) is 34.1. The first-order chi connectivity index (χ1) is 23.8. The Balaban J connectivity index is 0.00000432. The molecule has 6 nitrogen and oxygen atoms in total. The number of rotatable bonds is 8. The molecule has 1 atom stereocenters. The Labute approximate surface area is 306 Å². The van der Waals surface area contributed by atoms with Crippen molar-refractivity contribution in [1.29, 1.82) is 0 Å². The molecule has 1 heterocycles. The molecule has 0 bridgehead atoms. The fourth-order valence-electron chi connectivity index (χ4n) is 6.82. The van der Waals surface area contributed by atoms with E-state index in [0.29, 0.717) is 40.6 Å². The Morgan fingerprint density at radius 1 is 0.780 bits per heavy atom. The molecule has 6 aromatic carbocycles. The van der Waals surface area contributed by atoms with Crippen molar-refractivity contribution in [2.45, 2.75) is 33.0 Å². The van der Waals surface area contributed by atoms with E-state index in [1.165, 1.54) is 32.7 Å². The number of carbonyl (C=O) groups is 2. The maximum atomic E-state index is 13.9. The van der Waals surface area contributed by atoms with E-state index in [-0.39, 0.29) is 34.9 Å². The summed E-state index contributed by atoms with van der Waals surface area (Å²) in [6.07, 6.45) is 0. The third-order valence-corrected chi connectivity index (χ3v) is 9.32. The van der Waals surface area contributed by atoms with Crippen LogP contribution in [0.4, 0.5) is 5.69 Å². The van der Waals surface area contributed by atoms with E-state index >= 15 is 0 Å². The largest absolute Gasteiger partial charge is 2.00 e. The second-order valence-corrected chi connectivity index (χ2v) is 13.3. The van der Waals surface area contributed by atoms with Crippen LogP contribution < -0.4 is 0 Å². The van der Waals surface area contributed by atoms with Crippen molar-refractivity contribution in [3.05, 3.63) is 154 Å². The molecule has 1 amide bonds. The van der Waals surface area contributed by atoms with Gasteiger partial charge in [0.25, 0.3) is 0 Å². The molecule has 0 saturated carbocycles. The predicted molar refractivity (Wildman–Crippen MR) is 199 cm³/mol. The van der Waals surface area contributed by atoms with E-state index < -0.39 is 12.0 Å². The van der Waals surface area contributed by atoms with Crippen LogP contribution in [0.15, 0.2) is 126 Å². The number of benzene rings is 6. The van der Waals surface area contributed by atoms with Crippen LogP contribution in [-0.4, -0.2) is 40.2 Å². The Bertz CT molecular complexity index is 2170. The van der Waals surface area contributed by atoms with E-state index in [0.717, 1.165) is 11.1 Å². The van der Waals surface area contributed by atoms with Crippen LogP contribution in [0.5, 0.6) is 0 Å². The summed E-state index contributed by atoms with van der Waals surface area (Å²) in [6.45, 7) is 4.87. The number of carboxylic acid groups (broad SMARTS) is 1. The SMILES string of the molecule is CC(C)[C@@H](N=C(c1ccccc1)c1cc(Cl)ccc1[N-]C(=O)CN1Cc2ccc3ccccc3c2-c2c(ccc3ccccc23)C1)C(=O)O.[Ni+2]. The monoisotopic (exact) mass is 722 g/mol. The molecule has 50 heavy (non-hydrogen) atoms. The normalized spacial score (nSPS) is 13.6. The van der Waals surface area contributed by atoms with E-state index in [2.05, 4.69) is 83.0 Å². The number of hydrogen-bond acceptors (Lipinski definition) is 4. The van der Waals surface area contributed by atoms with Gasteiger partial charge in [0.05, 0.1) is 11.6 Å². The summed E-state index contributed by atoms with van der Waals surface area (Å²) >= 11 is 6.49. The molecule has 0 unspecified atom stereocenters. The number of nitrogens with zero attached hydrogens (tertiary/aromatic N) is 3. The minimum Gasteiger partial charge on any atom is -0.625 e. The number of aliphatic imine (C=N–C) groups is 1. The van der Waals surface area contributed by atoms with Crippen LogP contribution in [0, 0.1) is 5.92 Å². The smallest absolute Gasteiger partial charge is 0.625 e. The molecule has 1 aliphatic rings. The van der Waals surface area contributed by atoms with E-state index in [1.54, 1.807) is 18.2 Å². The van der Waals surface area contributed by atoms with E-state index in [9.17, 15) is 14.7 Å². The second-order valence-electron chi connectivity index (χ2n) is 12.8. The van der Waals surface area contributed by atoms with Gasteiger partial charge in [-0.05, 0) is 67.4 Å². The molecular weight excluding hydrogens is 689 g/mol. The number of halogens is 1. The number of fused-ring (bicyclic) bond motifs is 7. The fourth-order valence-corrected chi connectivity index (χ4v) is 6.99. The quantitative estimate of drug-likeness (QED) is 0.125. The van der Waals surface area contributed by atoms with Gasteiger partial charge in [0.2, 0.25) is 0 Å². The Morgan fingerprint density at radius 3 is 1.90 bits per heavy atom. The van der Waals surface area contributed by atoms with Crippen molar-refractivity contribution in [2.75, 3.05) is 6.54 Å². The summed E-state index contributed by atoms with van der Waals surface area (Å²) in [5, 5.41) is 19.8. The first kappa shape index (κ1) is 35.0. The third kappa shape index (κ3) is 7.08. The van der Waals surface area contributed by atoms with Crippen LogP contribution in [-0.2, 0) is 39.2 Å². The van der Waals surface area contributed by atoms with Gasteiger partial charge in [0, 0.05) is 30.2 Å². The molecule has 0 fully saturated rings. The fraction of sp³-hybridized carbons (Fsp3) is 0.167. The van der Waals surface area contributed by atoms with Gasteiger partial charge in [-0.15, -0.1) is 5.69 Å². The summed E-state index contributed by atoms with van der Waals surface area (Å²) in [5.41, 5.74) is 6.74. The van der Waals surface area contributed by atoms with Gasteiger partial charge in [-0.3, -0.25) is 9.89 Å². The van der Waals surface area contributed by atoms with Gasteiger partial charge in [-0.25, -0.2) is 4.79 Å². The Kier molecular flexibility index (Phi) is 10.5. The molecule has 0 spiro atoms. The number of carbonyl (C=O) groups excluding carboxylic acids is 1. The molecule has 0 saturated heterocycles. The molecule has 0 radical (unpaired) electrons. The maximum Gasteiger partial charge on any atom is 2.00 e. The van der Waals surface area contributed by atoms with E-state index in [4.69, 9.17) is 16.6 Å². The van der Waals surface area contributed by atoms with Gasteiger partial charge >= 0.3 is 22.5 Å². The third-order valence-electron chi connectivity index (χ3n) is 9.09.